The van der Waals surface area contributed by atoms with Gasteiger partial charge in [0.15, 0.2) is 5.78 Å². The van der Waals surface area contributed by atoms with Crippen LogP contribution in [0.3, 0.4) is 0 Å². The summed E-state index contributed by atoms with van der Waals surface area (Å²) in [4.78, 5) is 11.8. The first kappa shape index (κ1) is 13.1. The minimum Gasteiger partial charge on any atom is -0.508 e. The van der Waals surface area contributed by atoms with E-state index in [1.165, 1.54) is 17.7 Å². The first-order valence-electron chi connectivity index (χ1n) is 6.23. The van der Waals surface area contributed by atoms with Crippen molar-refractivity contribution in [3.8, 4) is 5.75 Å². The first-order chi connectivity index (χ1) is 9.20. The van der Waals surface area contributed by atoms with Crippen molar-refractivity contribution in [2.45, 2.75) is 12.8 Å². The van der Waals surface area contributed by atoms with Gasteiger partial charge in [-0.3, -0.25) is 4.79 Å². The number of aromatic hydroxyl groups is 1. The van der Waals surface area contributed by atoms with E-state index in [0.29, 0.717) is 12.0 Å². The number of carbonyl (C=O) groups excluding carboxylic acids is 1. The summed E-state index contributed by atoms with van der Waals surface area (Å²) < 4.78 is 0. The average molecular weight is 252 g/mol. The number of aryl methyl sites for hydroxylation is 2. The highest BCUT2D eigenvalue weighted by Gasteiger charge is 2.09. The van der Waals surface area contributed by atoms with Crippen LogP contribution in [0.25, 0.3) is 0 Å². The van der Waals surface area contributed by atoms with Crippen LogP contribution in [0, 0.1) is 0 Å². The van der Waals surface area contributed by atoms with Crippen LogP contribution in [-0.4, -0.2) is 10.9 Å². The van der Waals surface area contributed by atoms with Crippen LogP contribution in [0.1, 0.15) is 21.5 Å². The van der Waals surface area contributed by atoms with Gasteiger partial charge in [-0.05, 0) is 48.2 Å². The van der Waals surface area contributed by atoms with Crippen molar-refractivity contribution in [1.29, 1.82) is 0 Å². The van der Waals surface area contributed by atoms with Gasteiger partial charge in [-0.25, -0.2) is 0 Å². The van der Waals surface area contributed by atoms with E-state index in [9.17, 15) is 9.90 Å². The molecule has 2 heteroatoms. The highest BCUT2D eigenvalue weighted by Crippen LogP contribution is 2.19. The van der Waals surface area contributed by atoms with Gasteiger partial charge in [0.05, 0.1) is 0 Å². The summed E-state index contributed by atoms with van der Waals surface area (Å²) in [5.41, 5.74) is 2.68. The van der Waals surface area contributed by atoms with Gasteiger partial charge in [-0.2, -0.15) is 0 Å². The van der Waals surface area contributed by atoms with E-state index in [0.717, 1.165) is 12.0 Å². The van der Waals surface area contributed by atoms with Crippen LogP contribution in [0.2, 0.25) is 0 Å². The molecule has 19 heavy (non-hydrogen) atoms. The van der Waals surface area contributed by atoms with Gasteiger partial charge in [0, 0.05) is 5.56 Å². The number of allylic oxidation sites excluding steroid dienone is 1. The topological polar surface area (TPSA) is 37.3 Å². The van der Waals surface area contributed by atoms with E-state index < -0.39 is 0 Å². The summed E-state index contributed by atoms with van der Waals surface area (Å²) in [7, 11) is 0. The van der Waals surface area contributed by atoms with E-state index in [2.05, 4.69) is 18.7 Å². The van der Waals surface area contributed by atoms with Gasteiger partial charge in [-0.15, -0.1) is 0 Å². The fourth-order valence-electron chi connectivity index (χ4n) is 2.06. The van der Waals surface area contributed by atoms with Crippen molar-refractivity contribution in [3.05, 3.63) is 77.9 Å². The summed E-state index contributed by atoms with van der Waals surface area (Å²) in [6, 6.07) is 14.9. The Kier molecular flexibility index (Phi) is 4.14. The van der Waals surface area contributed by atoms with Crippen molar-refractivity contribution < 1.29 is 9.90 Å². The molecule has 0 saturated heterocycles. The van der Waals surface area contributed by atoms with Gasteiger partial charge in [0.2, 0.25) is 0 Å². The molecule has 0 radical (unpaired) electrons. The molecule has 0 bridgehead atoms. The zero-order valence-electron chi connectivity index (χ0n) is 10.7. The molecule has 0 aliphatic rings. The minimum absolute atomic E-state index is 0.108. The molecule has 0 aliphatic heterocycles. The first-order valence-corrected chi connectivity index (χ1v) is 6.23. The quantitative estimate of drug-likeness (QED) is 0.652. The lowest BCUT2D eigenvalue weighted by Gasteiger charge is -2.08. The molecule has 2 nitrogen and oxygen atoms in total. The number of hydrogen-bond donors (Lipinski definition) is 1. The Bertz CT molecular complexity index is 585. The highest BCUT2D eigenvalue weighted by molar-refractivity contribution is 6.05. The molecular formula is C17H16O2. The molecule has 0 heterocycles. The third kappa shape index (κ3) is 3.32. The molecule has 0 aliphatic carbocycles. The lowest BCUT2D eigenvalue weighted by molar-refractivity contribution is 0.104. The van der Waals surface area contributed by atoms with Crippen LogP contribution in [-0.2, 0) is 12.8 Å². The third-order valence-electron chi connectivity index (χ3n) is 3.07. The van der Waals surface area contributed by atoms with Gasteiger partial charge in [0.25, 0.3) is 0 Å². The number of benzene rings is 2. The molecule has 1 N–H and O–H groups in total. The predicted molar refractivity (Wildman–Crippen MR) is 76.5 cm³/mol. The van der Waals surface area contributed by atoms with Crippen LogP contribution >= 0.6 is 0 Å². The second-order valence-corrected chi connectivity index (χ2v) is 4.40. The SMILES string of the molecule is C=CC(=O)c1ccc(O)cc1CCc1ccccc1. The number of phenols is 1. The van der Waals surface area contributed by atoms with Crippen molar-refractivity contribution in [3.63, 3.8) is 0 Å². The van der Waals surface area contributed by atoms with Gasteiger partial charge >= 0.3 is 0 Å². The maximum Gasteiger partial charge on any atom is 0.185 e. The largest absolute Gasteiger partial charge is 0.508 e. The molecule has 96 valence electrons. The molecule has 0 atom stereocenters. The molecule has 2 aromatic carbocycles. The zero-order valence-corrected chi connectivity index (χ0v) is 10.7. The van der Waals surface area contributed by atoms with Crippen LogP contribution in [0.5, 0.6) is 5.75 Å². The molecule has 0 unspecified atom stereocenters. The fraction of sp³-hybridized carbons (Fsp3) is 0.118. The van der Waals surface area contributed by atoms with Crippen LogP contribution in [0.15, 0.2) is 61.2 Å². The monoisotopic (exact) mass is 252 g/mol. The Balaban J connectivity index is 2.21. The van der Waals surface area contributed by atoms with Gasteiger partial charge in [-0.1, -0.05) is 36.9 Å². The van der Waals surface area contributed by atoms with E-state index >= 15 is 0 Å². The van der Waals surface area contributed by atoms with Crippen LogP contribution < -0.4 is 0 Å². The predicted octanol–water partition coefficient (Wildman–Crippen LogP) is 3.55. The summed E-state index contributed by atoms with van der Waals surface area (Å²) >= 11 is 0. The Labute approximate surface area is 113 Å². The molecule has 0 amide bonds. The standard InChI is InChI=1S/C17H16O2/c1-2-17(19)16-11-10-15(18)12-14(16)9-8-13-6-4-3-5-7-13/h2-7,10-12,18H,1,8-9H2. The molecule has 2 aromatic rings. The minimum atomic E-state index is -0.108. The molecule has 2 rings (SSSR count). The van der Waals surface area contributed by atoms with Gasteiger partial charge < -0.3 is 5.11 Å². The van der Waals surface area contributed by atoms with Crippen molar-refractivity contribution in [2.24, 2.45) is 0 Å². The second-order valence-electron chi connectivity index (χ2n) is 4.40. The third-order valence-corrected chi connectivity index (χ3v) is 3.07. The smallest absolute Gasteiger partial charge is 0.185 e. The number of carbonyl (C=O) groups is 1. The fourth-order valence-corrected chi connectivity index (χ4v) is 2.06. The number of ketones is 1. The number of rotatable bonds is 5. The molecule has 0 aromatic heterocycles. The molecule has 0 fully saturated rings. The highest BCUT2D eigenvalue weighted by atomic mass is 16.3. The van der Waals surface area contributed by atoms with E-state index in [1.807, 2.05) is 18.2 Å². The van der Waals surface area contributed by atoms with Crippen LogP contribution in [0.4, 0.5) is 0 Å². The number of hydrogen-bond acceptors (Lipinski definition) is 2. The summed E-state index contributed by atoms with van der Waals surface area (Å²) in [5.74, 6) is 0.0757. The van der Waals surface area contributed by atoms with Gasteiger partial charge in [0.1, 0.15) is 5.75 Å². The maximum absolute atomic E-state index is 11.8. The molecule has 0 spiro atoms. The van der Waals surface area contributed by atoms with E-state index in [1.54, 1.807) is 12.1 Å². The Hall–Kier alpha value is -2.35. The average Bonchev–Trinajstić information content (AvgIpc) is 2.45. The molecular weight excluding hydrogens is 236 g/mol. The lowest BCUT2D eigenvalue weighted by Crippen LogP contribution is -2.02. The zero-order chi connectivity index (χ0) is 13.7. The summed E-state index contributed by atoms with van der Waals surface area (Å²) in [5, 5.41) is 9.55. The van der Waals surface area contributed by atoms with E-state index in [4.69, 9.17) is 0 Å². The Morgan fingerprint density at radius 1 is 1.11 bits per heavy atom. The maximum atomic E-state index is 11.8. The second kappa shape index (κ2) is 6.01. The van der Waals surface area contributed by atoms with Crippen molar-refractivity contribution in [2.75, 3.05) is 0 Å². The van der Waals surface area contributed by atoms with Crippen molar-refractivity contribution >= 4 is 5.78 Å². The van der Waals surface area contributed by atoms with Crippen molar-refractivity contribution in [1.82, 2.24) is 0 Å². The molecule has 0 saturated carbocycles. The van der Waals surface area contributed by atoms with E-state index in [-0.39, 0.29) is 11.5 Å². The Morgan fingerprint density at radius 2 is 1.84 bits per heavy atom. The normalized spacial score (nSPS) is 10.1. The Morgan fingerprint density at radius 3 is 2.53 bits per heavy atom. The number of phenolic OH excluding ortho intramolecular Hbond substituents is 1. The lowest BCUT2D eigenvalue weighted by atomic mass is 9.97. The summed E-state index contributed by atoms with van der Waals surface area (Å²) in [6.07, 6.45) is 2.85. The summed E-state index contributed by atoms with van der Waals surface area (Å²) in [6.45, 7) is 3.51.